The fourth-order valence-corrected chi connectivity index (χ4v) is 3.44. The molecule has 1 fully saturated rings. The Labute approximate surface area is 140 Å². The van der Waals surface area contributed by atoms with Crippen molar-refractivity contribution in [2.75, 3.05) is 18.0 Å². The fraction of sp³-hybridized carbons (Fsp3) is 0.500. The molecule has 1 aliphatic heterocycles. The Bertz CT molecular complexity index is 718. The minimum atomic E-state index is -4.41. The van der Waals surface area contributed by atoms with E-state index in [1.807, 2.05) is 4.90 Å². The molecule has 6 nitrogen and oxygen atoms in total. The Hall–Kier alpha value is -2.10. The van der Waals surface area contributed by atoms with Gasteiger partial charge in [-0.25, -0.2) is 4.98 Å². The van der Waals surface area contributed by atoms with E-state index < -0.39 is 11.9 Å². The molecule has 1 saturated heterocycles. The SMILES string of the molecule is Cn1ccc(C(=O)NC2CCN(c3nc(C(F)(F)F)cs3)CC2)n1. The molecular formula is C14H16F3N5OS. The highest BCUT2D eigenvalue weighted by Crippen LogP contribution is 2.33. The maximum absolute atomic E-state index is 12.6. The van der Waals surface area contributed by atoms with Crippen molar-refractivity contribution in [3.05, 3.63) is 29.0 Å². The van der Waals surface area contributed by atoms with E-state index in [4.69, 9.17) is 0 Å². The fourth-order valence-electron chi connectivity index (χ4n) is 2.55. The third kappa shape index (κ3) is 3.69. The van der Waals surface area contributed by atoms with Crippen molar-refractivity contribution in [2.24, 2.45) is 7.05 Å². The number of amides is 1. The molecule has 0 aromatic carbocycles. The van der Waals surface area contributed by atoms with E-state index in [-0.39, 0.29) is 11.9 Å². The smallest absolute Gasteiger partial charge is 0.348 e. The van der Waals surface area contributed by atoms with Crippen LogP contribution in [0.3, 0.4) is 0 Å². The summed E-state index contributed by atoms with van der Waals surface area (Å²) in [5.41, 5.74) is -0.497. The van der Waals surface area contributed by atoms with Crippen LogP contribution in [0.2, 0.25) is 0 Å². The van der Waals surface area contributed by atoms with E-state index in [2.05, 4.69) is 15.4 Å². The first-order valence-electron chi connectivity index (χ1n) is 7.41. The summed E-state index contributed by atoms with van der Waals surface area (Å²) in [7, 11) is 1.73. The van der Waals surface area contributed by atoms with Gasteiger partial charge in [0.15, 0.2) is 10.8 Å². The number of thiazole rings is 1. The summed E-state index contributed by atoms with van der Waals surface area (Å²) in [6.45, 7) is 1.11. The zero-order valence-electron chi connectivity index (χ0n) is 12.9. The van der Waals surface area contributed by atoms with Crippen molar-refractivity contribution in [3.8, 4) is 0 Å². The molecular weight excluding hydrogens is 343 g/mol. The molecule has 3 rings (SSSR count). The zero-order valence-corrected chi connectivity index (χ0v) is 13.7. The lowest BCUT2D eigenvalue weighted by Crippen LogP contribution is -2.44. The molecule has 2 aromatic heterocycles. The highest BCUT2D eigenvalue weighted by molar-refractivity contribution is 7.13. The number of piperidine rings is 1. The van der Waals surface area contributed by atoms with Gasteiger partial charge < -0.3 is 10.2 Å². The summed E-state index contributed by atoms with van der Waals surface area (Å²) < 4.78 is 39.4. The number of alkyl halides is 3. The van der Waals surface area contributed by atoms with Gasteiger partial charge in [0, 0.05) is 37.8 Å². The molecule has 24 heavy (non-hydrogen) atoms. The lowest BCUT2D eigenvalue weighted by Gasteiger charge is -2.32. The Morgan fingerprint density at radius 2 is 2.08 bits per heavy atom. The molecule has 0 atom stereocenters. The van der Waals surface area contributed by atoms with E-state index in [1.54, 1.807) is 24.0 Å². The molecule has 3 heterocycles. The molecule has 1 aliphatic rings. The number of carbonyl (C=O) groups is 1. The third-order valence-corrected chi connectivity index (χ3v) is 4.73. The number of aryl methyl sites for hydroxylation is 1. The predicted molar refractivity (Wildman–Crippen MR) is 83.0 cm³/mol. The molecule has 0 radical (unpaired) electrons. The van der Waals surface area contributed by atoms with Gasteiger partial charge in [-0.2, -0.15) is 18.3 Å². The lowest BCUT2D eigenvalue weighted by atomic mass is 10.1. The third-order valence-electron chi connectivity index (χ3n) is 3.83. The summed E-state index contributed by atoms with van der Waals surface area (Å²) in [4.78, 5) is 17.5. The van der Waals surface area contributed by atoms with Crippen LogP contribution < -0.4 is 10.2 Å². The van der Waals surface area contributed by atoms with Gasteiger partial charge in [0.2, 0.25) is 0 Å². The minimum Gasteiger partial charge on any atom is -0.348 e. The normalized spacial score (nSPS) is 16.4. The molecule has 0 saturated carbocycles. The molecule has 0 spiro atoms. The van der Waals surface area contributed by atoms with E-state index in [9.17, 15) is 18.0 Å². The van der Waals surface area contributed by atoms with Crippen LogP contribution >= 0.6 is 11.3 Å². The molecule has 10 heteroatoms. The van der Waals surface area contributed by atoms with Crippen molar-refractivity contribution < 1.29 is 18.0 Å². The van der Waals surface area contributed by atoms with Crippen molar-refractivity contribution in [3.63, 3.8) is 0 Å². The number of aromatic nitrogens is 3. The number of anilines is 1. The quantitative estimate of drug-likeness (QED) is 0.913. The first kappa shape index (κ1) is 16.7. The number of hydrogen-bond acceptors (Lipinski definition) is 5. The standard InChI is InChI=1S/C14H16F3N5OS/c1-21-5-4-10(20-21)12(23)18-9-2-6-22(7-3-9)13-19-11(8-24-13)14(15,16)17/h4-5,8-9H,2-3,6-7H2,1H3,(H,18,23). The van der Waals surface area contributed by atoms with E-state index in [0.717, 1.165) is 16.7 Å². The largest absolute Gasteiger partial charge is 0.434 e. The number of rotatable bonds is 3. The van der Waals surface area contributed by atoms with Crippen molar-refractivity contribution in [2.45, 2.75) is 25.1 Å². The Morgan fingerprint density at radius 3 is 2.62 bits per heavy atom. The first-order chi connectivity index (χ1) is 11.3. The summed E-state index contributed by atoms with van der Waals surface area (Å²) in [6, 6.07) is 1.62. The summed E-state index contributed by atoms with van der Waals surface area (Å²) in [5, 5.41) is 8.36. The summed E-state index contributed by atoms with van der Waals surface area (Å²) >= 11 is 0.992. The van der Waals surface area contributed by atoms with Crippen molar-refractivity contribution in [1.29, 1.82) is 0 Å². The van der Waals surface area contributed by atoms with E-state index >= 15 is 0 Å². The van der Waals surface area contributed by atoms with Gasteiger partial charge in [-0.1, -0.05) is 0 Å². The van der Waals surface area contributed by atoms with Gasteiger partial charge in [-0.15, -0.1) is 11.3 Å². The molecule has 0 aliphatic carbocycles. The van der Waals surface area contributed by atoms with Gasteiger partial charge in [0.1, 0.15) is 5.69 Å². The second kappa shape index (κ2) is 6.42. The summed E-state index contributed by atoms with van der Waals surface area (Å²) in [6.07, 6.45) is -1.42. The van der Waals surface area contributed by atoms with Crippen molar-refractivity contribution in [1.82, 2.24) is 20.1 Å². The topological polar surface area (TPSA) is 63.1 Å². The van der Waals surface area contributed by atoms with Crippen LogP contribution in [0.1, 0.15) is 29.0 Å². The van der Waals surface area contributed by atoms with Crippen LogP contribution in [0.25, 0.3) is 0 Å². The predicted octanol–water partition coefficient (Wildman–Crippen LogP) is 2.29. The molecule has 0 unspecified atom stereocenters. The van der Waals surface area contributed by atoms with Gasteiger partial charge in [-0.3, -0.25) is 9.48 Å². The zero-order chi connectivity index (χ0) is 17.3. The highest BCUT2D eigenvalue weighted by atomic mass is 32.1. The van der Waals surface area contributed by atoms with Gasteiger partial charge >= 0.3 is 6.18 Å². The second-order valence-corrected chi connectivity index (χ2v) is 6.46. The molecule has 2 aromatic rings. The van der Waals surface area contributed by atoms with Gasteiger partial charge in [-0.05, 0) is 18.9 Å². The van der Waals surface area contributed by atoms with Crippen LogP contribution in [-0.4, -0.2) is 39.8 Å². The molecule has 1 N–H and O–H groups in total. The minimum absolute atomic E-state index is 0.0159. The Kier molecular flexibility index (Phi) is 4.48. The number of halogens is 3. The monoisotopic (exact) mass is 359 g/mol. The van der Waals surface area contributed by atoms with Crippen molar-refractivity contribution >= 4 is 22.4 Å². The van der Waals surface area contributed by atoms with E-state index in [0.29, 0.717) is 36.8 Å². The molecule has 130 valence electrons. The van der Waals surface area contributed by atoms with Crippen LogP contribution in [-0.2, 0) is 13.2 Å². The van der Waals surface area contributed by atoms with E-state index in [1.165, 1.54) is 0 Å². The average Bonchev–Trinajstić information content (AvgIpc) is 3.16. The first-order valence-corrected chi connectivity index (χ1v) is 8.29. The molecule has 0 bridgehead atoms. The summed E-state index contributed by atoms with van der Waals surface area (Å²) in [5.74, 6) is -0.234. The Morgan fingerprint density at radius 1 is 1.38 bits per heavy atom. The molecule has 1 amide bonds. The van der Waals surface area contributed by atoms with Crippen LogP contribution in [0.5, 0.6) is 0 Å². The number of carbonyl (C=O) groups excluding carboxylic acids is 1. The lowest BCUT2D eigenvalue weighted by molar-refractivity contribution is -0.140. The van der Waals surface area contributed by atoms with Gasteiger partial charge in [0.05, 0.1) is 0 Å². The van der Waals surface area contributed by atoms with Crippen LogP contribution in [0.15, 0.2) is 17.6 Å². The second-order valence-electron chi connectivity index (χ2n) is 5.62. The number of nitrogens with zero attached hydrogens (tertiary/aromatic N) is 4. The maximum Gasteiger partial charge on any atom is 0.434 e. The van der Waals surface area contributed by atoms with Gasteiger partial charge in [0.25, 0.3) is 5.91 Å². The van der Waals surface area contributed by atoms with Crippen LogP contribution in [0, 0.1) is 0 Å². The average molecular weight is 359 g/mol. The highest BCUT2D eigenvalue weighted by Gasteiger charge is 2.34. The number of nitrogens with one attached hydrogen (secondary N) is 1. The number of hydrogen-bond donors (Lipinski definition) is 1. The van der Waals surface area contributed by atoms with Crippen LogP contribution in [0.4, 0.5) is 18.3 Å². The maximum atomic E-state index is 12.6. The Balaban J connectivity index is 1.54.